The van der Waals surface area contributed by atoms with Crippen molar-refractivity contribution in [3.63, 3.8) is 0 Å². The number of hydrogen-bond donors (Lipinski definition) is 1. The van der Waals surface area contributed by atoms with E-state index in [0.717, 1.165) is 27.7 Å². The molecule has 1 aliphatic heterocycles. The lowest BCUT2D eigenvalue weighted by atomic mass is 9.96. The Bertz CT molecular complexity index is 516. The molecule has 1 N–H and O–H groups in total. The van der Waals surface area contributed by atoms with E-state index in [4.69, 9.17) is 23.7 Å². The molecular formula is C14H20O10. The van der Waals surface area contributed by atoms with Crippen LogP contribution in [0.1, 0.15) is 27.7 Å². The highest BCUT2D eigenvalue weighted by atomic mass is 16.7. The first-order chi connectivity index (χ1) is 11.0. The smallest absolute Gasteiger partial charge is 0.303 e. The fourth-order valence-electron chi connectivity index (χ4n) is 2.17. The Kier molecular flexibility index (Phi) is 6.67. The van der Waals surface area contributed by atoms with Gasteiger partial charge in [0, 0.05) is 27.7 Å². The maximum absolute atomic E-state index is 11.4. The largest absolute Gasteiger partial charge is 0.460 e. The Labute approximate surface area is 137 Å². The Morgan fingerprint density at radius 3 is 1.96 bits per heavy atom. The molecule has 136 valence electrons. The van der Waals surface area contributed by atoms with Crippen LogP contribution in [0.15, 0.2) is 0 Å². The summed E-state index contributed by atoms with van der Waals surface area (Å²) in [6, 6.07) is 0. The normalized spacial score (nSPS) is 29.3. The number of rotatable bonds is 5. The van der Waals surface area contributed by atoms with Crippen molar-refractivity contribution in [2.75, 3.05) is 13.2 Å². The van der Waals surface area contributed by atoms with Crippen molar-refractivity contribution >= 4 is 23.9 Å². The number of aliphatic hydroxyl groups is 1. The molecule has 10 heteroatoms. The molecule has 1 rings (SSSR count). The Morgan fingerprint density at radius 1 is 0.958 bits per heavy atom. The van der Waals surface area contributed by atoms with E-state index in [1.54, 1.807) is 0 Å². The first kappa shape index (κ1) is 19.8. The monoisotopic (exact) mass is 348 g/mol. The average Bonchev–Trinajstić information content (AvgIpc) is 2.43. The van der Waals surface area contributed by atoms with Crippen LogP contribution in [0, 0.1) is 0 Å². The number of esters is 4. The summed E-state index contributed by atoms with van der Waals surface area (Å²) in [6.07, 6.45) is -4.03. The van der Waals surface area contributed by atoms with E-state index in [1.165, 1.54) is 0 Å². The van der Waals surface area contributed by atoms with Gasteiger partial charge in [0.05, 0.1) is 6.61 Å². The van der Waals surface area contributed by atoms with Crippen LogP contribution in [0.5, 0.6) is 0 Å². The quantitative estimate of drug-likeness (QED) is 0.490. The van der Waals surface area contributed by atoms with Crippen LogP contribution in [0.2, 0.25) is 0 Å². The second-order valence-electron chi connectivity index (χ2n) is 5.19. The molecule has 1 fully saturated rings. The summed E-state index contributed by atoms with van der Waals surface area (Å²) in [5, 5.41) is 10.6. The molecule has 10 nitrogen and oxygen atoms in total. The van der Waals surface area contributed by atoms with Gasteiger partial charge in [0.15, 0.2) is 18.3 Å². The summed E-state index contributed by atoms with van der Waals surface area (Å²) >= 11 is 0. The van der Waals surface area contributed by atoms with E-state index >= 15 is 0 Å². The molecule has 0 spiro atoms. The van der Waals surface area contributed by atoms with E-state index in [9.17, 15) is 24.3 Å². The standard InChI is InChI=1S/C14H20O10/c1-7(15)20-6-14(19)13(24-10(4)18)12(23-9(3)17)11(5-21-14)22-8(2)16/h11-13,19H,5-6H2,1-4H3/t11-,12+,13-,14+/m0/s1. The minimum Gasteiger partial charge on any atom is -0.460 e. The topological polar surface area (TPSA) is 135 Å². The van der Waals surface area contributed by atoms with Crippen molar-refractivity contribution in [3.8, 4) is 0 Å². The zero-order valence-electron chi connectivity index (χ0n) is 13.8. The molecule has 0 saturated carbocycles. The second-order valence-corrected chi connectivity index (χ2v) is 5.19. The number of ether oxygens (including phenoxy) is 5. The summed E-state index contributed by atoms with van der Waals surface area (Å²) in [6.45, 7) is 3.35. The third-order valence-electron chi connectivity index (χ3n) is 3.00. The average molecular weight is 348 g/mol. The van der Waals surface area contributed by atoms with E-state index in [2.05, 4.69) is 0 Å². The molecule has 0 amide bonds. The van der Waals surface area contributed by atoms with Gasteiger partial charge in [0.1, 0.15) is 6.61 Å². The van der Waals surface area contributed by atoms with Gasteiger partial charge in [-0.15, -0.1) is 0 Å². The molecule has 1 heterocycles. The van der Waals surface area contributed by atoms with Crippen molar-refractivity contribution < 1.29 is 48.0 Å². The molecule has 4 atom stereocenters. The number of carbonyl (C=O) groups is 4. The molecule has 0 aromatic carbocycles. The lowest BCUT2D eigenvalue weighted by Gasteiger charge is -2.44. The summed E-state index contributed by atoms with van der Waals surface area (Å²) in [5.74, 6) is -5.24. The van der Waals surface area contributed by atoms with Crippen LogP contribution in [-0.2, 0) is 42.9 Å². The predicted molar refractivity (Wildman–Crippen MR) is 74.2 cm³/mol. The molecule has 1 saturated heterocycles. The minimum absolute atomic E-state index is 0.368. The van der Waals surface area contributed by atoms with Crippen molar-refractivity contribution in [2.24, 2.45) is 0 Å². The zero-order chi connectivity index (χ0) is 18.5. The molecule has 24 heavy (non-hydrogen) atoms. The van der Waals surface area contributed by atoms with Gasteiger partial charge < -0.3 is 28.8 Å². The zero-order valence-corrected chi connectivity index (χ0v) is 13.8. The molecular weight excluding hydrogens is 328 g/mol. The van der Waals surface area contributed by atoms with Gasteiger partial charge in [-0.2, -0.15) is 0 Å². The Morgan fingerprint density at radius 2 is 1.50 bits per heavy atom. The maximum atomic E-state index is 11.4. The third-order valence-corrected chi connectivity index (χ3v) is 3.00. The predicted octanol–water partition coefficient (Wildman–Crippen LogP) is -0.937. The van der Waals surface area contributed by atoms with Gasteiger partial charge in [-0.05, 0) is 0 Å². The van der Waals surface area contributed by atoms with Crippen LogP contribution in [0.3, 0.4) is 0 Å². The van der Waals surface area contributed by atoms with E-state index in [0.29, 0.717) is 0 Å². The molecule has 1 aliphatic rings. The maximum Gasteiger partial charge on any atom is 0.303 e. The molecule has 0 aromatic rings. The summed E-state index contributed by atoms with van der Waals surface area (Å²) in [5.41, 5.74) is 0. The summed E-state index contributed by atoms with van der Waals surface area (Å²) < 4.78 is 24.9. The Balaban J connectivity index is 3.14. The van der Waals surface area contributed by atoms with Gasteiger partial charge in [0.2, 0.25) is 5.79 Å². The van der Waals surface area contributed by atoms with Crippen molar-refractivity contribution in [1.29, 1.82) is 0 Å². The van der Waals surface area contributed by atoms with Crippen molar-refractivity contribution in [2.45, 2.75) is 51.8 Å². The molecule has 0 radical (unpaired) electrons. The molecule has 0 aromatic heterocycles. The molecule has 0 unspecified atom stereocenters. The fourth-order valence-corrected chi connectivity index (χ4v) is 2.17. The Hall–Kier alpha value is -2.20. The van der Waals surface area contributed by atoms with Gasteiger partial charge >= 0.3 is 23.9 Å². The lowest BCUT2D eigenvalue weighted by Crippen LogP contribution is -2.65. The van der Waals surface area contributed by atoms with Crippen LogP contribution in [0.4, 0.5) is 0 Å². The van der Waals surface area contributed by atoms with E-state index in [-0.39, 0.29) is 6.61 Å². The van der Waals surface area contributed by atoms with Crippen molar-refractivity contribution in [1.82, 2.24) is 0 Å². The first-order valence-corrected chi connectivity index (χ1v) is 7.06. The SMILES string of the molecule is CC(=O)OC[C@@]1(O)OC[C@H](OC(C)=O)[C@@H](OC(C)=O)[C@@H]1OC(C)=O. The van der Waals surface area contributed by atoms with Crippen LogP contribution >= 0.6 is 0 Å². The summed E-state index contributed by atoms with van der Waals surface area (Å²) in [4.78, 5) is 44.9. The highest BCUT2D eigenvalue weighted by Gasteiger charge is 2.56. The highest BCUT2D eigenvalue weighted by molar-refractivity contribution is 5.68. The number of carbonyl (C=O) groups excluding carboxylic acids is 4. The van der Waals surface area contributed by atoms with Crippen molar-refractivity contribution in [3.05, 3.63) is 0 Å². The molecule has 0 aliphatic carbocycles. The van der Waals surface area contributed by atoms with Crippen LogP contribution < -0.4 is 0 Å². The van der Waals surface area contributed by atoms with Crippen LogP contribution in [-0.4, -0.2) is 66.3 Å². The highest BCUT2D eigenvalue weighted by Crippen LogP contribution is 2.31. The second kappa shape index (κ2) is 8.06. The molecule has 0 bridgehead atoms. The first-order valence-electron chi connectivity index (χ1n) is 7.06. The van der Waals surface area contributed by atoms with Gasteiger partial charge in [-0.1, -0.05) is 0 Å². The lowest BCUT2D eigenvalue weighted by molar-refractivity contribution is -0.335. The fraction of sp³-hybridized carbons (Fsp3) is 0.714. The summed E-state index contributed by atoms with van der Waals surface area (Å²) in [7, 11) is 0. The van der Waals surface area contributed by atoms with Crippen LogP contribution in [0.25, 0.3) is 0 Å². The van der Waals surface area contributed by atoms with E-state index < -0.39 is 54.6 Å². The van der Waals surface area contributed by atoms with Gasteiger partial charge in [0.25, 0.3) is 0 Å². The minimum atomic E-state index is -2.27. The third kappa shape index (κ3) is 5.46. The number of hydrogen-bond acceptors (Lipinski definition) is 10. The van der Waals surface area contributed by atoms with E-state index in [1.807, 2.05) is 0 Å². The van der Waals surface area contributed by atoms with Gasteiger partial charge in [-0.25, -0.2) is 0 Å². The van der Waals surface area contributed by atoms with Gasteiger partial charge in [-0.3, -0.25) is 19.2 Å².